The van der Waals surface area contributed by atoms with Gasteiger partial charge in [-0.2, -0.15) is 5.10 Å². The molecule has 0 spiro atoms. The number of halogens is 1. The van der Waals surface area contributed by atoms with E-state index in [2.05, 4.69) is 22.7 Å². The minimum atomic E-state index is 0.561. The normalized spacial score (nSPS) is 10.2. The molecule has 2 N–H and O–H groups in total. The Morgan fingerprint density at radius 3 is 3.00 bits per heavy atom. The first kappa shape index (κ1) is 13.8. The molecule has 0 saturated heterocycles. The van der Waals surface area contributed by atoms with Crippen LogP contribution in [0.1, 0.15) is 12.6 Å². The Balaban J connectivity index is 1.88. The third kappa shape index (κ3) is 3.94. The molecule has 4 nitrogen and oxygen atoms in total. The van der Waals surface area contributed by atoms with E-state index in [1.807, 2.05) is 35.0 Å². The minimum Gasteiger partial charge on any atom is -0.357 e. The van der Waals surface area contributed by atoms with Crippen LogP contribution < -0.4 is 10.6 Å². The van der Waals surface area contributed by atoms with E-state index in [9.17, 15) is 0 Å². The molecule has 1 aromatic heterocycles. The van der Waals surface area contributed by atoms with Crippen LogP contribution >= 0.6 is 23.8 Å². The van der Waals surface area contributed by atoms with Crippen LogP contribution in [0, 0.1) is 0 Å². The second kappa shape index (κ2) is 6.54. The van der Waals surface area contributed by atoms with Gasteiger partial charge in [0.2, 0.25) is 0 Å². The Labute approximate surface area is 122 Å². The van der Waals surface area contributed by atoms with Gasteiger partial charge in [-0.1, -0.05) is 17.7 Å². The van der Waals surface area contributed by atoms with E-state index in [1.54, 1.807) is 6.20 Å². The number of nitrogens with one attached hydrogen (secondary N) is 2. The Kier molecular flexibility index (Phi) is 4.76. The molecule has 0 bridgehead atoms. The van der Waals surface area contributed by atoms with Gasteiger partial charge >= 0.3 is 0 Å². The summed E-state index contributed by atoms with van der Waals surface area (Å²) in [5, 5.41) is 11.7. The summed E-state index contributed by atoms with van der Waals surface area (Å²) >= 11 is 11.1. The molecule has 2 rings (SSSR count). The Morgan fingerprint density at radius 1 is 1.42 bits per heavy atom. The van der Waals surface area contributed by atoms with Crippen molar-refractivity contribution in [2.75, 3.05) is 5.32 Å². The van der Waals surface area contributed by atoms with Gasteiger partial charge in [-0.25, -0.2) is 0 Å². The average molecular weight is 295 g/mol. The van der Waals surface area contributed by atoms with E-state index in [0.717, 1.165) is 17.9 Å². The van der Waals surface area contributed by atoms with Gasteiger partial charge in [-0.05, 0) is 43.4 Å². The maximum Gasteiger partial charge on any atom is 0.171 e. The summed E-state index contributed by atoms with van der Waals surface area (Å²) in [6.07, 6.45) is 1.79. The average Bonchev–Trinajstić information content (AvgIpc) is 2.83. The lowest BCUT2D eigenvalue weighted by Gasteiger charge is -2.11. The van der Waals surface area contributed by atoms with Gasteiger partial charge in [0.05, 0.1) is 12.2 Å². The van der Waals surface area contributed by atoms with Gasteiger partial charge in [0.1, 0.15) is 0 Å². The zero-order valence-electron chi connectivity index (χ0n) is 10.6. The molecule has 0 radical (unpaired) electrons. The first-order chi connectivity index (χ1) is 9.19. The van der Waals surface area contributed by atoms with Gasteiger partial charge in [-0.15, -0.1) is 0 Å². The highest BCUT2D eigenvalue weighted by Gasteiger charge is 2.02. The summed E-state index contributed by atoms with van der Waals surface area (Å²) in [5.41, 5.74) is 1.96. The van der Waals surface area contributed by atoms with Crippen molar-refractivity contribution in [1.29, 1.82) is 0 Å². The van der Waals surface area contributed by atoms with Crippen LogP contribution in [0.5, 0.6) is 0 Å². The summed E-state index contributed by atoms with van der Waals surface area (Å²) in [6.45, 7) is 3.54. The molecule has 6 heteroatoms. The van der Waals surface area contributed by atoms with E-state index < -0.39 is 0 Å². The highest BCUT2D eigenvalue weighted by molar-refractivity contribution is 7.80. The molecular weight excluding hydrogens is 280 g/mol. The number of nitrogens with zero attached hydrogens (tertiary/aromatic N) is 2. The standard InChI is InChI=1S/C13H15ClN4S/c1-2-18-12(6-7-16-18)9-15-13(19)17-11-5-3-4-10(14)8-11/h3-8H,2,9H2,1H3,(H2,15,17,19). The predicted octanol–water partition coefficient (Wildman–Crippen LogP) is 3.04. The summed E-state index contributed by atoms with van der Waals surface area (Å²) < 4.78 is 1.93. The number of anilines is 1. The maximum absolute atomic E-state index is 5.91. The van der Waals surface area contributed by atoms with Crippen LogP contribution in [0.3, 0.4) is 0 Å². The second-order valence-corrected chi connectivity index (χ2v) is 4.80. The van der Waals surface area contributed by atoms with Gasteiger partial charge in [0.25, 0.3) is 0 Å². The summed E-state index contributed by atoms with van der Waals surface area (Å²) in [7, 11) is 0. The molecule has 0 aliphatic heterocycles. The molecule has 2 aromatic rings. The monoisotopic (exact) mass is 294 g/mol. The van der Waals surface area contributed by atoms with Crippen molar-refractivity contribution >= 4 is 34.6 Å². The van der Waals surface area contributed by atoms with E-state index >= 15 is 0 Å². The van der Waals surface area contributed by atoms with Crippen molar-refractivity contribution in [2.24, 2.45) is 0 Å². The molecule has 0 atom stereocenters. The maximum atomic E-state index is 5.91. The third-order valence-corrected chi connectivity index (χ3v) is 3.10. The minimum absolute atomic E-state index is 0.561. The summed E-state index contributed by atoms with van der Waals surface area (Å²) in [6, 6.07) is 9.41. The van der Waals surface area contributed by atoms with Crippen molar-refractivity contribution < 1.29 is 0 Å². The highest BCUT2D eigenvalue weighted by Crippen LogP contribution is 2.14. The zero-order valence-corrected chi connectivity index (χ0v) is 12.1. The number of aryl methyl sites for hydroxylation is 1. The number of hydrogen-bond donors (Lipinski definition) is 2. The van der Waals surface area contributed by atoms with Crippen molar-refractivity contribution in [3.05, 3.63) is 47.2 Å². The van der Waals surface area contributed by atoms with E-state index in [0.29, 0.717) is 16.7 Å². The fraction of sp³-hybridized carbons (Fsp3) is 0.231. The van der Waals surface area contributed by atoms with E-state index in [-0.39, 0.29) is 0 Å². The molecule has 0 saturated carbocycles. The second-order valence-electron chi connectivity index (χ2n) is 3.96. The first-order valence-electron chi connectivity index (χ1n) is 6.00. The zero-order chi connectivity index (χ0) is 13.7. The van der Waals surface area contributed by atoms with Crippen molar-refractivity contribution in [1.82, 2.24) is 15.1 Å². The van der Waals surface area contributed by atoms with Gasteiger partial charge in [0, 0.05) is 23.5 Å². The quantitative estimate of drug-likeness (QED) is 0.851. The van der Waals surface area contributed by atoms with E-state index in [4.69, 9.17) is 23.8 Å². The smallest absolute Gasteiger partial charge is 0.171 e. The number of hydrogen-bond acceptors (Lipinski definition) is 2. The Hall–Kier alpha value is -1.59. The SMILES string of the molecule is CCn1nccc1CNC(=S)Nc1cccc(Cl)c1. The molecule has 0 aliphatic carbocycles. The summed E-state index contributed by atoms with van der Waals surface area (Å²) in [4.78, 5) is 0. The fourth-order valence-corrected chi connectivity index (χ4v) is 2.09. The fourth-order valence-electron chi connectivity index (χ4n) is 1.71. The van der Waals surface area contributed by atoms with Crippen LogP contribution in [0.15, 0.2) is 36.5 Å². The lowest BCUT2D eigenvalue weighted by Crippen LogP contribution is -2.28. The predicted molar refractivity (Wildman–Crippen MR) is 82.4 cm³/mol. The molecule has 19 heavy (non-hydrogen) atoms. The van der Waals surface area contributed by atoms with Crippen LogP contribution in [-0.4, -0.2) is 14.9 Å². The van der Waals surface area contributed by atoms with Crippen molar-refractivity contribution in [3.63, 3.8) is 0 Å². The highest BCUT2D eigenvalue weighted by atomic mass is 35.5. The largest absolute Gasteiger partial charge is 0.357 e. The molecule has 1 heterocycles. The Bertz CT molecular complexity index is 567. The van der Waals surface area contributed by atoms with Gasteiger partial charge in [-0.3, -0.25) is 4.68 Å². The molecule has 100 valence electrons. The first-order valence-corrected chi connectivity index (χ1v) is 6.78. The van der Waals surface area contributed by atoms with Crippen LogP contribution in [-0.2, 0) is 13.1 Å². The van der Waals surface area contributed by atoms with Crippen LogP contribution in [0.25, 0.3) is 0 Å². The number of thiocarbonyl (C=S) groups is 1. The Morgan fingerprint density at radius 2 is 2.26 bits per heavy atom. The molecule has 0 fully saturated rings. The van der Waals surface area contributed by atoms with Crippen LogP contribution in [0.4, 0.5) is 5.69 Å². The van der Waals surface area contributed by atoms with Crippen LogP contribution in [0.2, 0.25) is 5.02 Å². The molecule has 1 aromatic carbocycles. The van der Waals surface area contributed by atoms with Crippen molar-refractivity contribution in [2.45, 2.75) is 20.0 Å². The molecular formula is C13H15ClN4S. The third-order valence-electron chi connectivity index (χ3n) is 2.62. The van der Waals surface area contributed by atoms with E-state index in [1.165, 1.54) is 0 Å². The molecule has 0 amide bonds. The molecule has 0 unspecified atom stereocenters. The number of benzene rings is 1. The number of aromatic nitrogens is 2. The number of rotatable bonds is 4. The summed E-state index contributed by atoms with van der Waals surface area (Å²) in [5.74, 6) is 0. The topological polar surface area (TPSA) is 41.9 Å². The van der Waals surface area contributed by atoms with Gasteiger partial charge in [0.15, 0.2) is 5.11 Å². The molecule has 0 aliphatic rings. The van der Waals surface area contributed by atoms with Gasteiger partial charge < -0.3 is 10.6 Å². The lowest BCUT2D eigenvalue weighted by molar-refractivity contribution is 0.614. The lowest BCUT2D eigenvalue weighted by atomic mass is 10.3. The van der Waals surface area contributed by atoms with Crippen molar-refractivity contribution in [3.8, 4) is 0 Å².